The normalized spacial score (nSPS) is 27.8. The summed E-state index contributed by atoms with van der Waals surface area (Å²) in [6, 6.07) is 32.0. The first kappa shape index (κ1) is 40.7. The summed E-state index contributed by atoms with van der Waals surface area (Å²) in [7, 11) is 0. The van der Waals surface area contributed by atoms with Gasteiger partial charge in [-0.15, -0.1) is 0 Å². The average molecular weight is 799 g/mol. The molecule has 2 N–H and O–H groups in total. The molecule has 0 bridgehead atoms. The van der Waals surface area contributed by atoms with E-state index in [-0.39, 0.29) is 22.3 Å². The van der Waals surface area contributed by atoms with Crippen LogP contribution in [-0.4, -0.2) is 115 Å². The monoisotopic (exact) mass is 798 g/mol. The number of aliphatic hydroxyl groups is 2. The Hall–Kier alpha value is -5.52. The first-order chi connectivity index (χ1) is 28.0. The van der Waals surface area contributed by atoms with Gasteiger partial charge in [0.15, 0.2) is 36.7 Å². The number of carbonyl (C=O) groups excluding carboxylic acids is 4. The van der Waals surface area contributed by atoms with Gasteiger partial charge < -0.3 is 52.8 Å². The predicted octanol–water partition coefficient (Wildman–Crippen LogP) is 3.86. The van der Waals surface area contributed by atoms with Crippen LogP contribution in [0.2, 0.25) is 0 Å². The van der Waals surface area contributed by atoms with E-state index in [1.807, 2.05) is 0 Å². The van der Waals surface area contributed by atoms with Crippen LogP contribution in [0.5, 0.6) is 0 Å². The van der Waals surface area contributed by atoms with Gasteiger partial charge in [-0.3, -0.25) is 0 Å². The third-order valence-corrected chi connectivity index (χ3v) is 9.62. The van der Waals surface area contributed by atoms with Gasteiger partial charge in [0.05, 0.1) is 28.9 Å². The van der Waals surface area contributed by atoms with Crippen molar-refractivity contribution in [1.82, 2.24) is 0 Å². The number of hydrogen-bond donors (Lipinski definition) is 2. The molecule has 4 aromatic carbocycles. The van der Waals surface area contributed by atoms with Crippen LogP contribution in [0.25, 0.3) is 0 Å². The Morgan fingerprint density at radius 2 is 1.05 bits per heavy atom. The SMILES string of the molecule is CC1(C)OC2[C@@H](O[C@@H](C(O)CO)[C@@H]2OC2OC(COC(=O)c3ccccc3)C(OC(=O)c3ccccc3)C(OC(=O)c3ccccc3)C2OC(=O)c2ccccc2)O1. The lowest BCUT2D eigenvalue weighted by molar-refractivity contribution is -0.322. The van der Waals surface area contributed by atoms with Crippen LogP contribution in [0, 0.1) is 0 Å². The molecule has 0 radical (unpaired) electrons. The summed E-state index contributed by atoms with van der Waals surface area (Å²) in [6.07, 6.45) is -14.3. The van der Waals surface area contributed by atoms with Gasteiger partial charge in [-0.2, -0.15) is 0 Å². The third kappa shape index (κ3) is 9.27. The molecule has 0 saturated carbocycles. The quantitative estimate of drug-likeness (QED) is 0.146. The number of aliphatic hydroxyl groups excluding tert-OH is 2. The zero-order chi connectivity index (χ0) is 40.8. The predicted molar refractivity (Wildman–Crippen MR) is 199 cm³/mol. The fourth-order valence-electron chi connectivity index (χ4n) is 6.86. The lowest BCUT2D eigenvalue weighted by Crippen LogP contribution is -2.64. The molecule has 0 aromatic heterocycles. The highest BCUT2D eigenvalue weighted by molar-refractivity contribution is 5.91. The van der Waals surface area contributed by atoms with E-state index in [0.717, 1.165) is 0 Å². The number of esters is 4. The summed E-state index contributed by atoms with van der Waals surface area (Å²) >= 11 is 0. The molecule has 3 aliphatic heterocycles. The summed E-state index contributed by atoms with van der Waals surface area (Å²) in [5.74, 6) is -4.54. The van der Waals surface area contributed by atoms with Gasteiger partial charge in [0.2, 0.25) is 0 Å². The minimum Gasteiger partial charge on any atom is -0.459 e. The van der Waals surface area contributed by atoms with Crippen LogP contribution in [0.1, 0.15) is 55.3 Å². The fraction of sp³-hybridized carbons (Fsp3) is 0.349. The van der Waals surface area contributed by atoms with E-state index < -0.39 is 104 Å². The molecule has 4 aromatic rings. The number of ether oxygens (including phenoxy) is 9. The lowest BCUT2D eigenvalue weighted by atomic mass is 9.97. The van der Waals surface area contributed by atoms with Crippen molar-refractivity contribution >= 4 is 23.9 Å². The summed E-state index contributed by atoms with van der Waals surface area (Å²) < 4.78 is 55.0. The molecule has 3 saturated heterocycles. The van der Waals surface area contributed by atoms with Crippen molar-refractivity contribution in [3.8, 4) is 0 Å². The third-order valence-electron chi connectivity index (χ3n) is 9.62. The Bertz CT molecular complexity index is 2010. The van der Waals surface area contributed by atoms with E-state index in [9.17, 15) is 29.4 Å². The zero-order valence-corrected chi connectivity index (χ0v) is 31.4. The zero-order valence-electron chi connectivity index (χ0n) is 31.4. The van der Waals surface area contributed by atoms with Crippen LogP contribution < -0.4 is 0 Å². The average Bonchev–Trinajstić information content (AvgIpc) is 3.73. The molecule has 15 nitrogen and oxygen atoms in total. The van der Waals surface area contributed by atoms with E-state index in [1.165, 1.54) is 36.4 Å². The van der Waals surface area contributed by atoms with Crippen LogP contribution in [-0.2, 0) is 42.6 Å². The topological polar surface area (TPSA) is 192 Å². The standard InChI is InChI=1S/C43H42O15/c1-43(2)57-36-33(31(29(45)23-44)55-42(36)58-43)56-41-35(54-40(49)28-21-13-6-14-22-28)34(53-39(48)27-19-11-5-12-20-27)32(52-38(47)26-17-9-4-10-18-26)30(51-41)24-50-37(46)25-15-7-3-8-16-25/h3-22,29-36,41-42,44-45H,23-24H2,1-2H3/t29?,30?,31-,32?,33-,34?,35?,36?,41?,42-/m0/s1. The Morgan fingerprint density at radius 3 is 1.53 bits per heavy atom. The van der Waals surface area contributed by atoms with Crippen molar-refractivity contribution in [3.05, 3.63) is 144 Å². The van der Waals surface area contributed by atoms with Gasteiger partial charge >= 0.3 is 23.9 Å². The van der Waals surface area contributed by atoms with Crippen LogP contribution in [0.3, 0.4) is 0 Å². The maximum atomic E-state index is 13.9. The van der Waals surface area contributed by atoms with Gasteiger partial charge in [0.25, 0.3) is 0 Å². The summed E-state index contributed by atoms with van der Waals surface area (Å²) in [5.41, 5.74) is 0.555. The molecule has 304 valence electrons. The van der Waals surface area contributed by atoms with E-state index in [4.69, 9.17) is 42.6 Å². The Labute approximate surface area is 333 Å². The lowest BCUT2D eigenvalue weighted by Gasteiger charge is -2.45. The van der Waals surface area contributed by atoms with Crippen LogP contribution in [0.4, 0.5) is 0 Å². The van der Waals surface area contributed by atoms with Gasteiger partial charge in [0.1, 0.15) is 37.1 Å². The molecule has 0 aliphatic carbocycles. The van der Waals surface area contributed by atoms with E-state index in [1.54, 1.807) is 98.8 Å². The summed E-state index contributed by atoms with van der Waals surface area (Å²) in [4.78, 5) is 54.9. The largest absolute Gasteiger partial charge is 0.459 e. The van der Waals surface area contributed by atoms with Gasteiger partial charge in [-0.05, 0) is 62.4 Å². The van der Waals surface area contributed by atoms with Crippen LogP contribution >= 0.6 is 0 Å². The van der Waals surface area contributed by atoms with Crippen molar-refractivity contribution in [2.75, 3.05) is 13.2 Å². The van der Waals surface area contributed by atoms with Crippen molar-refractivity contribution in [2.24, 2.45) is 0 Å². The number of fused-ring (bicyclic) bond motifs is 1. The second-order valence-electron chi connectivity index (χ2n) is 14.1. The van der Waals surface area contributed by atoms with Crippen molar-refractivity contribution < 1.29 is 72.0 Å². The Kier molecular flexibility index (Phi) is 12.6. The number of carbonyl (C=O) groups is 4. The molecule has 0 spiro atoms. The molecule has 7 rings (SSSR count). The smallest absolute Gasteiger partial charge is 0.338 e. The summed E-state index contributed by atoms with van der Waals surface area (Å²) in [6.45, 7) is 1.97. The molecule has 3 fully saturated rings. The van der Waals surface area contributed by atoms with Gasteiger partial charge in [0, 0.05) is 0 Å². The fourth-order valence-corrected chi connectivity index (χ4v) is 6.86. The maximum absolute atomic E-state index is 13.9. The molecule has 15 heteroatoms. The molecule has 10 atom stereocenters. The number of benzene rings is 4. The van der Waals surface area contributed by atoms with Crippen LogP contribution in [0.15, 0.2) is 121 Å². The summed E-state index contributed by atoms with van der Waals surface area (Å²) in [5, 5.41) is 20.9. The van der Waals surface area contributed by atoms with E-state index >= 15 is 0 Å². The molecule has 3 heterocycles. The van der Waals surface area contributed by atoms with Gasteiger partial charge in [-0.25, -0.2) is 19.2 Å². The highest BCUT2D eigenvalue weighted by atomic mass is 16.9. The second kappa shape index (κ2) is 18.0. The van der Waals surface area contributed by atoms with E-state index in [0.29, 0.717) is 0 Å². The van der Waals surface area contributed by atoms with Gasteiger partial charge in [-0.1, -0.05) is 72.8 Å². The highest BCUT2D eigenvalue weighted by Crippen LogP contribution is 2.42. The van der Waals surface area contributed by atoms with E-state index in [2.05, 4.69) is 0 Å². The number of hydrogen-bond acceptors (Lipinski definition) is 15. The number of rotatable bonds is 13. The molecular formula is C43H42O15. The first-order valence-electron chi connectivity index (χ1n) is 18.6. The second-order valence-corrected chi connectivity index (χ2v) is 14.1. The van der Waals surface area contributed by atoms with Crippen molar-refractivity contribution in [2.45, 2.75) is 81.0 Å². The van der Waals surface area contributed by atoms with Crippen molar-refractivity contribution in [3.63, 3.8) is 0 Å². The molecule has 7 unspecified atom stereocenters. The highest BCUT2D eigenvalue weighted by Gasteiger charge is 2.60. The minimum atomic E-state index is -1.72. The molecule has 0 amide bonds. The Morgan fingerprint density at radius 1 is 0.603 bits per heavy atom. The molecule has 58 heavy (non-hydrogen) atoms. The Balaban J connectivity index is 1.31. The first-order valence-corrected chi connectivity index (χ1v) is 18.6. The van der Waals surface area contributed by atoms with Crippen molar-refractivity contribution in [1.29, 1.82) is 0 Å². The maximum Gasteiger partial charge on any atom is 0.338 e. The molecular weight excluding hydrogens is 756 g/mol. The molecule has 3 aliphatic rings. The minimum absolute atomic E-state index is 0.108.